The van der Waals surface area contributed by atoms with Gasteiger partial charge in [-0.2, -0.15) is 0 Å². The van der Waals surface area contributed by atoms with Gasteiger partial charge in [-0.25, -0.2) is 9.80 Å². The summed E-state index contributed by atoms with van der Waals surface area (Å²) < 4.78 is 5.54. The van der Waals surface area contributed by atoms with Gasteiger partial charge < -0.3 is 14.5 Å². The molecular weight excluding hydrogens is 344 g/mol. The molecule has 1 saturated carbocycles. The second-order valence-electron chi connectivity index (χ2n) is 8.95. The van der Waals surface area contributed by atoms with Gasteiger partial charge in [0.15, 0.2) is 0 Å². The molecule has 3 fully saturated rings. The number of nitrogens with one attached hydrogen (secondary N) is 1. The maximum atomic E-state index is 12.8. The fourth-order valence-corrected chi connectivity index (χ4v) is 5.48. The Labute approximate surface area is 163 Å². The Hall–Kier alpha value is -1.34. The lowest BCUT2D eigenvalue weighted by Crippen LogP contribution is -2.67. The highest BCUT2D eigenvalue weighted by atomic mass is 16.6. The molecule has 1 aliphatic carbocycles. The first-order valence-electron chi connectivity index (χ1n) is 10.4. The lowest BCUT2D eigenvalue weighted by Gasteiger charge is -2.54. The highest BCUT2D eigenvalue weighted by molar-refractivity contribution is 5.75. The molecule has 6 atom stereocenters. The second-order valence-corrected chi connectivity index (χ2v) is 8.95. The molecule has 0 spiro atoms. The maximum Gasteiger partial charge on any atom is 0.410 e. The summed E-state index contributed by atoms with van der Waals surface area (Å²) in [4.78, 5) is 29.1. The van der Waals surface area contributed by atoms with Crippen molar-refractivity contribution in [1.82, 2.24) is 20.2 Å². The van der Waals surface area contributed by atoms with Crippen LogP contribution in [0.3, 0.4) is 0 Å². The Morgan fingerprint density at radius 3 is 2.41 bits per heavy atom. The van der Waals surface area contributed by atoms with Crippen LogP contribution in [-0.2, 0) is 9.53 Å². The molecule has 2 heterocycles. The van der Waals surface area contributed by atoms with E-state index in [-0.39, 0.29) is 36.2 Å². The Morgan fingerprint density at radius 2 is 1.85 bits per heavy atom. The predicted octanol–water partition coefficient (Wildman–Crippen LogP) is 2.08. The van der Waals surface area contributed by atoms with Crippen molar-refractivity contribution in [2.24, 2.45) is 11.8 Å². The van der Waals surface area contributed by atoms with E-state index in [1.807, 2.05) is 30.6 Å². The van der Waals surface area contributed by atoms with Gasteiger partial charge in [-0.15, -0.1) is 0 Å². The van der Waals surface area contributed by atoms with E-state index < -0.39 is 0 Å². The van der Waals surface area contributed by atoms with Crippen LogP contribution >= 0.6 is 0 Å². The molecule has 5 unspecified atom stereocenters. The minimum atomic E-state index is -0.231. The van der Waals surface area contributed by atoms with Gasteiger partial charge in [-0.1, -0.05) is 0 Å². The molecule has 7 heteroatoms. The van der Waals surface area contributed by atoms with E-state index in [1.165, 1.54) is 0 Å². The summed E-state index contributed by atoms with van der Waals surface area (Å²) in [5.41, 5.74) is 3.45. The normalized spacial score (nSPS) is 37.4. The number of hydrazine groups is 1. The molecule has 2 saturated heterocycles. The van der Waals surface area contributed by atoms with Crippen LogP contribution in [0.5, 0.6) is 0 Å². The van der Waals surface area contributed by atoms with Crippen molar-refractivity contribution >= 4 is 12.0 Å². The van der Waals surface area contributed by atoms with Crippen LogP contribution in [0.25, 0.3) is 0 Å². The summed E-state index contributed by atoms with van der Waals surface area (Å²) >= 11 is 0. The predicted molar refractivity (Wildman–Crippen MR) is 104 cm³/mol. The summed E-state index contributed by atoms with van der Waals surface area (Å²) in [5.74, 6) is 1.24. The smallest absolute Gasteiger partial charge is 0.410 e. The van der Waals surface area contributed by atoms with E-state index in [4.69, 9.17) is 4.74 Å². The first-order chi connectivity index (χ1) is 12.7. The zero-order chi connectivity index (χ0) is 19.9. The number of nitrogens with zero attached hydrogens (tertiary/aromatic N) is 3. The minimum absolute atomic E-state index is 0.0261. The number of rotatable bonds is 2. The largest absolute Gasteiger partial charge is 0.447 e. The lowest BCUT2D eigenvalue weighted by molar-refractivity contribution is -0.142. The fraction of sp³-hybridized carbons (Fsp3) is 0.900. The Bertz CT molecular complexity index is 569. The number of piperazine rings is 1. The SMILES string of the molecule is CC(=O)N1C2CCC(C3CNN(C)C3C)CC2N(C(=O)OC(C)C)C[C@@H]1C. The zero-order valence-electron chi connectivity index (χ0n) is 17.6. The van der Waals surface area contributed by atoms with Gasteiger partial charge in [0.1, 0.15) is 0 Å². The quantitative estimate of drug-likeness (QED) is 0.795. The summed E-state index contributed by atoms with van der Waals surface area (Å²) in [6.45, 7) is 11.3. The number of fused-ring (bicyclic) bond motifs is 1. The average Bonchev–Trinajstić information content (AvgIpc) is 2.92. The van der Waals surface area contributed by atoms with E-state index in [2.05, 4.69) is 24.4 Å². The van der Waals surface area contributed by atoms with Crippen molar-refractivity contribution in [3.8, 4) is 0 Å². The van der Waals surface area contributed by atoms with Gasteiger partial charge in [0.25, 0.3) is 0 Å². The molecular formula is C20H36N4O3. The topological polar surface area (TPSA) is 65.1 Å². The van der Waals surface area contributed by atoms with Crippen LogP contribution in [0.15, 0.2) is 0 Å². The number of carbonyl (C=O) groups is 2. The molecule has 0 aromatic rings. The van der Waals surface area contributed by atoms with E-state index in [1.54, 1.807) is 6.92 Å². The van der Waals surface area contributed by atoms with Crippen molar-refractivity contribution in [2.75, 3.05) is 20.1 Å². The Morgan fingerprint density at radius 1 is 1.15 bits per heavy atom. The monoisotopic (exact) mass is 380 g/mol. The molecule has 2 aliphatic heterocycles. The number of carbonyl (C=O) groups excluding carboxylic acids is 2. The molecule has 2 amide bonds. The van der Waals surface area contributed by atoms with Crippen LogP contribution in [-0.4, -0.2) is 77.2 Å². The molecule has 1 N–H and O–H groups in total. The third-order valence-corrected chi connectivity index (χ3v) is 6.86. The van der Waals surface area contributed by atoms with Gasteiger partial charge in [0.2, 0.25) is 5.91 Å². The molecule has 7 nitrogen and oxygen atoms in total. The highest BCUT2D eigenvalue weighted by Gasteiger charge is 2.49. The van der Waals surface area contributed by atoms with Crippen molar-refractivity contribution in [2.45, 2.75) is 84.2 Å². The average molecular weight is 381 g/mol. The van der Waals surface area contributed by atoms with Gasteiger partial charge in [0, 0.05) is 39.1 Å². The number of ether oxygens (including phenoxy) is 1. The van der Waals surface area contributed by atoms with Gasteiger partial charge >= 0.3 is 6.09 Å². The molecule has 3 rings (SSSR count). The maximum absolute atomic E-state index is 12.8. The molecule has 3 aliphatic rings. The molecule has 154 valence electrons. The van der Waals surface area contributed by atoms with Crippen molar-refractivity contribution < 1.29 is 14.3 Å². The highest BCUT2D eigenvalue weighted by Crippen LogP contribution is 2.41. The fourth-order valence-electron chi connectivity index (χ4n) is 5.48. The van der Waals surface area contributed by atoms with Crippen LogP contribution in [0.2, 0.25) is 0 Å². The minimum Gasteiger partial charge on any atom is -0.447 e. The first-order valence-corrected chi connectivity index (χ1v) is 10.4. The van der Waals surface area contributed by atoms with Crippen molar-refractivity contribution in [1.29, 1.82) is 0 Å². The van der Waals surface area contributed by atoms with Gasteiger partial charge in [-0.3, -0.25) is 10.2 Å². The van der Waals surface area contributed by atoms with Crippen molar-refractivity contribution in [3.63, 3.8) is 0 Å². The first kappa shape index (κ1) is 20.4. The standard InChI is InChI=1S/C20H36N4O3/c1-12(2)27-20(26)23-11-13(3)24(15(5)25)18-8-7-16(9-19(18)23)17-10-21-22(6)14(17)4/h12-14,16-19,21H,7-11H2,1-6H3/t13-,14?,16?,17?,18?,19?/m0/s1. The number of amides is 2. The van der Waals surface area contributed by atoms with Crippen LogP contribution in [0, 0.1) is 11.8 Å². The van der Waals surface area contributed by atoms with E-state index in [0.29, 0.717) is 24.4 Å². The van der Waals surface area contributed by atoms with E-state index >= 15 is 0 Å². The van der Waals surface area contributed by atoms with Crippen molar-refractivity contribution in [3.05, 3.63) is 0 Å². The van der Waals surface area contributed by atoms with Crippen LogP contribution in [0.4, 0.5) is 4.79 Å². The Kier molecular flexibility index (Phi) is 6.01. The molecule has 0 radical (unpaired) electrons. The van der Waals surface area contributed by atoms with Crippen LogP contribution < -0.4 is 5.43 Å². The molecule has 27 heavy (non-hydrogen) atoms. The van der Waals surface area contributed by atoms with Gasteiger partial charge in [0.05, 0.1) is 18.2 Å². The molecule has 0 aromatic carbocycles. The third kappa shape index (κ3) is 3.94. The summed E-state index contributed by atoms with van der Waals surface area (Å²) in [7, 11) is 2.10. The number of hydrogen-bond acceptors (Lipinski definition) is 5. The third-order valence-electron chi connectivity index (χ3n) is 6.86. The number of hydrogen-bond donors (Lipinski definition) is 1. The summed E-state index contributed by atoms with van der Waals surface area (Å²) in [6.07, 6.45) is 2.64. The zero-order valence-corrected chi connectivity index (χ0v) is 17.6. The Balaban J connectivity index is 1.82. The summed E-state index contributed by atoms with van der Waals surface area (Å²) in [5, 5.41) is 2.20. The second kappa shape index (κ2) is 7.95. The van der Waals surface area contributed by atoms with Crippen LogP contribution in [0.1, 0.15) is 53.9 Å². The summed E-state index contributed by atoms with van der Waals surface area (Å²) in [6, 6.07) is 0.657. The van der Waals surface area contributed by atoms with E-state index in [0.717, 1.165) is 25.8 Å². The lowest BCUT2D eigenvalue weighted by atomic mass is 9.72. The molecule has 0 aromatic heterocycles. The van der Waals surface area contributed by atoms with E-state index in [9.17, 15) is 9.59 Å². The molecule has 0 bridgehead atoms. The van der Waals surface area contributed by atoms with Gasteiger partial charge in [-0.05, 0) is 58.8 Å².